The summed E-state index contributed by atoms with van der Waals surface area (Å²) < 4.78 is 0. The largest absolute Gasteiger partial charge is 0.276 e. The number of rotatable bonds is 4. The summed E-state index contributed by atoms with van der Waals surface area (Å²) in [6.45, 7) is 3.58. The number of aromatic amines is 1. The molecule has 3 aromatic rings. The van der Waals surface area contributed by atoms with Crippen molar-refractivity contribution < 1.29 is 4.92 Å². The third kappa shape index (κ3) is 3.64. The molecule has 0 fully saturated rings. The van der Waals surface area contributed by atoms with Crippen molar-refractivity contribution in [1.82, 2.24) is 10.2 Å². The molecule has 4 rings (SSSR count). The molecule has 9 nitrogen and oxygen atoms in total. The molecule has 0 spiro atoms. The van der Waals surface area contributed by atoms with Crippen molar-refractivity contribution in [3.8, 4) is 12.1 Å². The number of nitro groups is 1. The van der Waals surface area contributed by atoms with E-state index in [9.17, 15) is 20.6 Å². The molecule has 2 unspecified atom stereocenters. The highest BCUT2D eigenvalue weighted by Crippen LogP contribution is 2.39. The minimum atomic E-state index is -0.537. The molecule has 32 heavy (non-hydrogen) atoms. The van der Waals surface area contributed by atoms with E-state index in [1.54, 1.807) is 32.2 Å². The predicted molar refractivity (Wildman–Crippen MR) is 120 cm³/mol. The van der Waals surface area contributed by atoms with E-state index < -0.39 is 16.8 Å². The van der Waals surface area contributed by atoms with E-state index in [-0.39, 0.29) is 5.69 Å². The summed E-state index contributed by atoms with van der Waals surface area (Å²) in [7, 11) is 0. The van der Waals surface area contributed by atoms with Crippen molar-refractivity contribution in [3.63, 3.8) is 0 Å². The number of benzene rings is 2. The Bertz CT molecular complexity index is 1400. The maximum Gasteiger partial charge on any atom is 0.269 e. The van der Waals surface area contributed by atoms with Gasteiger partial charge in [0.1, 0.15) is 0 Å². The van der Waals surface area contributed by atoms with Crippen LogP contribution < -0.4 is 0 Å². The van der Waals surface area contributed by atoms with E-state index in [0.29, 0.717) is 28.4 Å². The molecule has 0 bridgehead atoms. The van der Waals surface area contributed by atoms with Crippen LogP contribution in [0.4, 0.5) is 11.5 Å². The zero-order valence-electron chi connectivity index (χ0n) is 17.3. The van der Waals surface area contributed by atoms with Gasteiger partial charge >= 0.3 is 0 Å². The molecular weight excluding hydrogens is 406 g/mol. The third-order valence-corrected chi connectivity index (χ3v) is 5.45. The average Bonchev–Trinajstić information content (AvgIpc) is 3.19. The summed E-state index contributed by atoms with van der Waals surface area (Å²) in [4.78, 5) is 19.2. The number of H-pyrrole nitrogens is 1. The van der Waals surface area contributed by atoms with Crippen LogP contribution in [0.1, 0.15) is 30.9 Å². The van der Waals surface area contributed by atoms with E-state index in [4.69, 9.17) is 0 Å². The Labute approximate surface area is 183 Å². The molecule has 1 N–H and O–H groups in total. The minimum Gasteiger partial charge on any atom is -0.276 e. The Kier molecular flexibility index (Phi) is 5.32. The highest BCUT2D eigenvalue weighted by molar-refractivity contribution is 5.94. The first-order valence-electron chi connectivity index (χ1n) is 9.75. The Morgan fingerprint density at radius 1 is 1.19 bits per heavy atom. The lowest BCUT2D eigenvalue weighted by Gasteiger charge is -2.26. The number of allylic oxidation sites excluding steroid dienone is 2. The summed E-state index contributed by atoms with van der Waals surface area (Å²) in [6, 6.07) is 16.2. The number of hydrogen-bond acceptors (Lipinski definition) is 7. The van der Waals surface area contributed by atoms with E-state index in [2.05, 4.69) is 32.3 Å². The number of nitrogens with zero attached hydrogens (tertiary/aromatic N) is 6. The zero-order valence-corrected chi connectivity index (χ0v) is 17.3. The monoisotopic (exact) mass is 423 g/mol. The molecule has 9 heteroatoms. The quantitative estimate of drug-likeness (QED) is 0.367. The molecule has 0 aliphatic carbocycles. The van der Waals surface area contributed by atoms with Gasteiger partial charge in [0.05, 0.1) is 39.8 Å². The van der Waals surface area contributed by atoms with E-state index in [1.807, 2.05) is 18.2 Å². The molecule has 2 atom stereocenters. The van der Waals surface area contributed by atoms with E-state index in [1.165, 1.54) is 12.1 Å². The van der Waals surface area contributed by atoms with Gasteiger partial charge < -0.3 is 0 Å². The third-order valence-electron chi connectivity index (χ3n) is 5.45. The number of fused-ring (bicyclic) bond motifs is 1. The predicted octanol–water partition coefficient (Wildman–Crippen LogP) is 4.72. The van der Waals surface area contributed by atoms with Crippen LogP contribution in [0.25, 0.3) is 10.9 Å². The van der Waals surface area contributed by atoms with Gasteiger partial charge in [-0.2, -0.15) is 15.6 Å². The van der Waals surface area contributed by atoms with Gasteiger partial charge in [-0.3, -0.25) is 20.2 Å². The normalized spacial score (nSPS) is 18.4. The van der Waals surface area contributed by atoms with E-state index in [0.717, 1.165) is 16.5 Å². The lowest BCUT2D eigenvalue weighted by atomic mass is 9.76. The first kappa shape index (κ1) is 20.6. The molecule has 1 aliphatic heterocycles. The number of nitriles is 2. The summed E-state index contributed by atoms with van der Waals surface area (Å²) in [5, 5.41) is 38.2. The first-order valence-corrected chi connectivity index (χ1v) is 9.75. The van der Waals surface area contributed by atoms with Gasteiger partial charge in [-0.15, -0.1) is 0 Å². The summed E-state index contributed by atoms with van der Waals surface area (Å²) in [5.41, 5.74) is 4.04. The molecule has 0 saturated carbocycles. The lowest BCUT2D eigenvalue weighted by molar-refractivity contribution is -0.384. The van der Waals surface area contributed by atoms with Crippen LogP contribution in [-0.2, 0) is 0 Å². The SMILES string of the molecule is CC1=NC(C)=C(C#N)C(c2ccc3[nH]nc(N=Cc4ccc([N+](=O)[O-])cc4)c3c2)C1C#N. The fourth-order valence-corrected chi connectivity index (χ4v) is 3.83. The first-order chi connectivity index (χ1) is 15.4. The summed E-state index contributed by atoms with van der Waals surface area (Å²) in [5.74, 6) is -0.521. The van der Waals surface area contributed by atoms with Gasteiger partial charge in [0, 0.05) is 35.4 Å². The molecule has 156 valence electrons. The van der Waals surface area contributed by atoms with Crippen LogP contribution in [0.2, 0.25) is 0 Å². The second-order valence-corrected chi connectivity index (χ2v) is 7.41. The van der Waals surface area contributed by atoms with Crippen LogP contribution in [-0.4, -0.2) is 27.0 Å². The highest BCUT2D eigenvalue weighted by Gasteiger charge is 2.34. The van der Waals surface area contributed by atoms with Gasteiger partial charge in [-0.1, -0.05) is 6.07 Å². The fraction of sp³-hybridized carbons (Fsp3) is 0.174. The maximum absolute atomic E-state index is 10.8. The number of aromatic nitrogens is 2. The summed E-state index contributed by atoms with van der Waals surface area (Å²) in [6.07, 6.45) is 1.58. The molecule has 2 heterocycles. The van der Waals surface area contributed by atoms with Crippen molar-refractivity contribution in [2.24, 2.45) is 15.9 Å². The smallest absolute Gasteiger partial charge is 0.269 e. The standard InChI is InChI=1S/C23H17N7O2/c1-13-19(10-24)22(20(11-25)14(2)27-13)16-5-8-21-18(9-16)23(29-28-21)26-12-15-3-6-17(7-4-15)30(31)32/h3-9,12,19,22H,1-2H3,(H,28,29). The number of non-ortho nitro benzene ring substituents is 1. The molecule has 1 aliphatic rings. The highest BCUT2D eigenvalue weighted by atomic mass is 16.6. The van der Waals surface area contributed by atoms with Gasteiger partial charge in [-0.25, -0.2) is 4.99 Å². The van der Waals surface area contributed by atoms with E-state index >= 15 is 0 Å². The molecular formula is C23H17N7O2. The van der Waals surface area contributed by atoms with Gasteiger partial charge in [-0.05, 0) is 49.2 Å². The molecule has 1 aromatic heterocycles. The second kappa shape index (κ2) is 8.25. The van der Waals surface area contributed by atoms with Crippen molar-refractivity contribution in [2.75, 3.05) is 0 Å². The zero-order chi connectivity index (χ0) is 22.8. The molecule has 0 amide bonds. The van der Waals surface area contributed by atoms with Crippen LogP contribution in [0.5, 0.6) is 0 Å². The van der Waals surface area contributed by atoms with Crippen molar-refractivity contribution in [2.45, 2.75) is 19.8 Å². The van der Waals surface area contributed by atoms with Crippen LogP contribution >= 0.6 is 0 Å². The number of nitrogens with one attached hydrogen (secondary N) is 1. The number of aliphatic imine (C=N–C) groups is 2. The molecule has 0 saturated heterocycles. The Hall–Kier alpha value is -4.63. The maximum atomic E-state index is 10.8. The summed E-state index contributed by atoms with van der Waals surface area (Å²) >= 11 is 0. The number of nitro benzene ring substituents is 1. The Balaban J connectivity index is 1.73. The Morgan fingerprint density at radius 2 is 1.94 bits per heavy atom. The minimum absolute atomic E-state index is 0.00650. The average molecular weight is 423 g/mol. The van der Waals surface area contributed by atoms with Gasteiger partial charge in [0.2, 0.25) is 0 Å². The van der Waals surface area contributed by atoms with Gasteiger partial charge in [0.25, 0.3) is 5.69 Å². The lowest BCUT2D eigenvalue weighted by Crippen LogP contribution is -2.24. The van der Waals surface area contributed by atoms with Crippen molar-refractivity contribution >= 4 is 34.3 Å². The molecule has 2 aromatic carbocycles. The van der Waals surface area contributed by atoms with Crippen LogP contribution in [0, 0.1) is 38.7 Å². The van der Waals surface area contributed by atoms with Crippen LogP contribution in [0.15, 0.2) is 63.7 Å². The second-order valence-electron chi connectivity index (χ2n) is 7.41. The van der Waals surface area contributed by atoms with Crippen molar-refractivity contribution in [1.29, 1.82) is 10.5 Å². The van der Waals surface area contributed by atoms with Crippen LogP contribution in [0.3, 0.4) is 0 Å². The topological polar surface area (TPSA) is 144 Å². The van der Waals surface area contributed by atoms with Gasteiger partial charge in [0.15, 0.2) is 5.82 Å². The fourth-order valence-electron chi connectivity index (χ4n) is 3.83. The van der Waals surface area contributed by atoms with Crippen molar-refractivity contribution in [3.05, 3.63) is 75.0 Å². The Morgan fingerprint density at radius 3 is 2.59 bits per heavy atom. The molecule has 0 radical (unpaired) electrons. The number of hydrogen-bond donors (Lipinski definition) is 1.